The fourth-order valence-electron chi connectivity index (χ4n) is 4.04. The monoisotopic (exact) mass is 291 g/mol. The molecule has 3 rings (SSSR count). The van der Waals surface area contributed by atoms with E-state index in [0.29, 0.717) is 21.8 Å². The maximum atomic E-state index is 6.20. The smallest absolute Gasteiger partial charge is 0.244 e. The van der Waals surface area contributed by atoms with Gasteiger partial charge in [0.15, 0.2) is 0 Å². The van der Waals surface area contributed by atoms with Crippen LogP contribution in [0.4, 0.5) is 0 Å². The molecule has 5 heteroatoms. The first-order chi connectivity index (χ1) is 9.36. The molecule has 3 unspecified atom stereocenters. The molecule has 1 aromatic rings. The molecule has 0 aromatic carbocycles. The van der Waals surface area contributed by atoms with Crippen molar-refractivity contribution < 1.29 is 4.74 Å². The van der Waals surface area contributed by atoms with Gasteiger partial charge in [-0.2, -0.15) is 5.10 Å². The summed E-state index contributed by atoms with van der Waals surface area (Å²) in [6, 6.07) is 1.77. The standard InChI is InChI=1S/C15H21N3OS/c1-14(2)9-4-6-15(14,3)11(8-9)19-13-10(12(16)20)5-7-17-18-13/h5,7,9,11H,4,6,8H2,1-3H3,(H2,16,20). The van der Waals surface area contributed by atoms with Crippen LogP contribution >= 0.6 is 12.2 Å². The van der Waals surface area contributed by atoms with Gasteiger partial charge in [0, 0.05) is 5.41 Å². The van der Waals surface area contributed by atoms with Crippen molar-refractivity contribution in [1.82, 2.24) is 10.2 Å². The Bertz CT molecular complexity index is 560. The van der Waals surface area contributed by atoms with E-state index in [4.69, 9.17) is 22.7 Å². The molecule has 2 N–H and O–H groups in total. The topological polar surface area (TPSA) is 61.0 Å². The summed E-state index contributed by atoms with van der Waals surface area (Å²) in [5.41, 5.74) is 6.91. The van der Waals surface area contributed by atoms with Crippen LogP contribution in [0.25, 0.3) is 0 Å². The number of fused-ring (bicyclic) bond motifs is 2. The van der Waals surface area contributed by atoms with E-state index in [2.05, 4.69) is 31.0 Å². The van der Waals surface area contributed by atoms with Crippen LogP contribution < -0.4 is 10.5 Å². The molecular weight excluding hydrogens is 270 g/mol. The molecule has 2 aliphatic rings. The normalized spacial score (nSPS) is 34.1. The number of hydrogen-bond donors (Lipinski definition) is 1. The van der Waals surface area contributed by atoms with Crippen molar-refractivity contribution in [3.8, 4) is 5.88 Å². The van der Waals surface area contributed by atoms with E-state index in [1.54, 1.807) is 12.3 Å². The summed E-state index contributed by atoms with van der Waals surface area (Å²) in [5, 5.41) is 7.99. The Morgan fingerprint density at radius 3 is 2.75 bits per heavy atom. The van der Waals surface area contributed by atoms with Gasteiger partial charge in [0.25, 0.3) is 0 Å². The minimum absolute atomic E-state index is 0.168. The molecule has 3 atom stereocenters. The predicted octanol–water partition coefficient (Wildman–Crippen LogP) is 2.70. The van der Waals surface area contributed by atoms with Crippen molar-refractivity contribution in [2.24, 2.45) is 22.5 Å². The number of nitrogens with two attached hydrogens (primary N) is 1. The van der Waals surface area contributed by atoms with Gasteiger partial charge in [-0.05, 0) is 36.7 Å². The minimum atomic E-state index is 0.168. The lowest BCUT2D eigenvalue weighted by molar-refractivity contribution is 0.0266. The van der Waals surface area contributed by atoms with Gasteiger partial charge in [-0.3, -0.25) is 0 Å². The van der Waals surface area contributed by atoms with E-state index in [-0.39, 0.29) is 11.5 Å². The third-order valence-corrected chi connectivity index (χ3v) is 6.14. The molecule has 2 saturated carbocycles. The lowest BCUT2D eigenvalue weighted by atomic mass is 9.70. The summed E-state index contributed by atoms with van der Waals surface area (Å²) in [5.74, 6) is 1.21. The first kappa shape index (κ1) is 13.7. The van der Waals surface area contributed by atoms with Crippen LogP contribution in [-0.2, 0) is 0 Å². The van der Waals surface area contributed by atoms with E-state index < -0.39 is 0 Å². The van der Waals surface area contributed by atoms with Crippen LogP contribution in [0, 0.1) is 16.7 Å². The Morgan fingerprint density at radius 1 is 1.45 bits per heavy atom. The van der Waals surface area contributed by atoms with Gasteiger partial charge in [0.1, 0.15) is 11.1 Å². The molecule has 2 bridgehead atoms. The predicted molar refractivity (Wildman–Crippen MR) is 81.6 cm³/mol. The molecule has 108 valence electrons. The average molecular weight is 291 g/mol. The molecule has 4 nitrogen and oxygen atoms in total. The van der Waals surface area contributed by atoms with Gasteiger partial charge in [-0.1, -0.05) is 33.0 Å². The Balaban J connectivity index is 1.89. The third-order valence-electron chi connectivity index (χ3n) is 5.92. The molecule has 20 heavy (non-hydrogen) atoms. The first-order valence-corrected chi connectivity index (χ1v) is 7.55. The molecular formula is C15H21N3OS. The van der Waals surface area contributed by atoms with Crippen LogP contribution in [-0.4, -0.2) is 21.3 Å². The van der Waals surface area contributed by atoms with E-state index in [9.17, 15) is 0 Å². The first-order valence-electron chi connectivity index (χ1n) is 7.14. The fourth-order valence-corrected chi connectivity index (χ4v) is 4.19. The molecule has 1 heterocycles. The van der Waals surface area contributed by atoms with Crippen LogP contribution in [0.15, 0.2) is 12.3 Å². The number of aromatic nitrogens is 2. The SMILES string of the molecule is CC1(C)C2CCC1(C)C(Oc1nnccc1C(N)=S)C2. The van der Waals surface area contributed by atoms with Crippen LogP contribution in [0.2, 0.25) is 0 Å². The van der Waals surface area contributed by atoms with Gasteiger partial charge < -0.3 is 10.5 Å². The maximum absolute atomic E-state index is 6.20. The molecule has 2 fully saturated rings. The molecule has 0 spiro atoms. The number of nitrogens with zero attached hydrogens (tertiary/aromatic N) is 2. The van der Waals surface area contributed by atoms with Crippen molar-refractivity contribution in [3.05, 3.63) is 17.8 Å². The van der Waals surface area contributed by atoms with E-state index in [0.717, 1.165) is 12.3 Å². The van der Waals surface area contributed by atoms with Gasteiger partial charge in [0.2, 0.25) is 5.88 Å². The van der Waals surface area contributed by atoms with Gasteiger partial charge >= 0.3 is 0 Å². The highest BCUT2D eigenvalue weighted by Crippen LogP contribution is 2.66. The quantitative estimate of drug-likeness (QED) is 0.868. The highest BCUT2D eigenvalue weighted by Gasteiger charge is 2.62. The molecule has 0 amide bonds. The van der Waals surface area contributed by atoms with Crippen molar-refractivity contribution in [3.63, 3.8) is 0 Å². The summed E-state index contributed by atoms with van der Waals surface area (Å²) >= 11 is 5.06. The third kappa shape index (κ3) is 1.75. The zero-order chi connectivity index (χ0) is 14.5. The Hall–Kier alpha value is -1.23. The summed E-state index contributed by atoms with van der Waals surface area (Å²) in [7, 11) is 0. The summed E-state index contributed by atoms with van der Waals surface area (Å²) in [6.45, 7) is 7.06. The van der Waals surface area contributed by atoms with E-state index in [1.807, 2.05) is 0 Å². The number of hydrogen-bond acceptors (Lipinski definition) is 4. The molecule has 0 saturated heterocycles. The van der Waals surface area contributed by atoms with E-state index in [1.165, 1.54) is 12.8 Å². The Kier molecular flexibility index (Phi) is 3.01. The van der Waals surface area contributed by atoms with Crippen molar-refractivity contribution in [1.29, 1.82) is 0 Å². The van der Waals surface area contributed by atoms with E-state index >= 15 is 0 Å². The Morgan fingerprint density at radius 2 is 2.20 bits per heavy atom. The van der Waals surface area contributed by atoms with Gasteiger partial charge in [0.05, 0.1) is 11.8 Å². The minimum Gasteiger partial charge on any atom is -0.472 e. The Labute approximate surface area is 125 Å². The number of rotatable bonds is 3. The maximum Gasteiger partial charge on any atom is 0.244 e. The second-order valence-corrected chi connectivity index (χ2v) is 7.27. The lowest BCUT2D eigenvalue weighted by Crippen LogP contribution is -2.39. The molecule has 2 aliphatic carbocycles. The largest absolute Gasteiger partial charge is 0.472 e. The highest BCUT2D eigenvalue weighted by atomic mass is 32.1. The zero-order valence-electron chi connectivity index (χ0n) is 12.2. The van der Waals surface area contributed by atoms with Crippen molar-refractivity contribution in [2.45, 2.75) is 46.1 Å². The molecule has 0 radical (unpaired) electrons. The van der Waals surface area contributed by atoms with Crippen LogP contribution in [0.3, 0.4) is 0 Å². The zero-order valence-corrected chi connectivity index (χ0v) is 13.0. The average Bonchev–Trinajstić information content (AvgIpc) is 2.72. The summed E-state index contributed by atoms with van der Waals surface area (Å²) in [6.07, 6.45) is 5.34. The highest BCUT2D eigenvalue weighted by molar-refractivity contribution is 7.80. The fraction of sp³-hybridized carbons (Fsp3) is 0.667. The second kappa shape index (κ2) is 4.38. The van der Waals surface area contributed by atoms with Crippen LogP contribution in [0.1, 0.15) is 45.6 Å². The van der Waals surface area contributed by atoms with Gasteiger partial charge in [-0.25, -0.2) is 0 Å². The van der Waals surface area contributed by atoms with Crippen molar-refractivity contribution in [2.75, 3.05) is 0 Å². The van der Waals surface area contributed by atoms with Crippen LogP contribution in [0.5, 0.6) is 5.88 Å². The van der Waals surface area contributed by atoms with Gasteiger partial charge in [-0.15, -0.1) is 5.10 Å². The number of ether oxygens (including phenoxy) is 1. The van der Waals surface area contributed by atoms with Crippen molar-refractivity contribution >= 4 is 17.2 Å². The molecule has 1 aromatic heterocycles. The summed E-state index contributed by atoms with van der Waals surface area (Å²) < 4.78 is 6.20. The molecule has 0 aliphatic heterocycles. The number of thiocarbonyl (C=S) groups is 1. The summed E-state index contributed by atoms with van der Waals surface area (Å²) in [4.78, 5) is 0.308. The lowest BCUT2D eigenvalue weighted by Gasteiger charge is -2.38. The second-order valence-electron chi connectivity index (χ2n) is 6.83.